The van der Waals surface area contributed by atoms with E-state index in [1.165, 1.54) is 0 Å². The van der Waals surface area contributed by atoms with E-state index in [0.29, 0.717) is 31.2 Å². The zero-order valence-electron chi connectivity index (χ0n) is 16.0. The highest BCUT2D eigenvalue weighted by molar-refractivity contribution is 6.35. The highest BCUT2D eigenvalue weighted by Crippen LogP contribution is 2.21. The molecule has 2 amide bonds. The molecule has 0 aromatic heterocycles. The van der Waals surface area contributed by atoms with Crippen molar-refractivity contribution in [3.05, 3.63) is 59.1 Å². The van der Waals surface area contributed by atoms with E-state index in [9.17, 15) is 9.59 Å². The lowest BCUT2D eigenvalue weighted by molar-refractivity contribution is -0.146. The molecule has 1 heterocycles. The number of hydrogen-bond donors (Lipinski definition) is 1. The van der Waals surface area contributed by atoms with Crippen molar-refractivity contribution in [3.63, 3.8) is 0 Å². The SMILES string of the molecule is COc1ccc(C(C)NC(=O)C(=O)N2CCN(c3cccc(Cl)c3)CC2)cc1. The molecule has 0 aliphatic carbocycles. The molecule has 1 unspecified atom stereocenters. The third-order valence-electron chi connectivity index (χ3n) is 4.90. The summed E-state index contributed by atoms with van der Waals surface area (Å²) in [7, 11) is 1.60. The van der Waals surface area contributed by atoms with Gasteiger partial charge in [0.25, 0.3) is 0 Å². The smallest absolute Gasteiger partial charge is 0.312 e. The monoisotopic (exact) mass is 401 g/mol. The Morgan fingerprint density at radius 2 is 1.75 bits per heavy atom. The van der Waals surface area contributed by atoms with Crippen molar-refractivity contribution < 1.29 is 14.3 Å². The molecule has 0 saturated carbocycles. The number of carbonyl (C=O) groups excluding carboxylic acids is 2. The first-order valence-electron chi connectivity index (χ1n) is 9.22. The molecule has 0 bridgehead atoms. The first-order chi connectivity index (χ1) is 13.5. The van der Waals surface area contributed by atoms with Crippen molar-refractivity contribution in [2.45, 2.75) is 13.0 Å². The maximum Gasteiger partial charge on any atom is 0.312 e. The van der Waals surface area contributed by atoms with Crippen molar-refractivity contribution in [3.8, 4) is 5.75 Å². The fraction of sp³-hybridized carbons (Fsp3) is 0.333. The number of rotatable bonds is 4. The molecule has 2 aromatic carbocycles. The summed E-state index contributed by atoms with van der Waals surface area (Å²) < 4.78 is 5.14. The fourth-order valence-corrected chi connectivity index (χ4v) is 3.40. The Labute approximate surface area is 170 Å². The molecule has 0 spiro atoms. The number of amides is 2. The van der Waals surface area contributed by atoms with Gasteiger partial charge in [-0.05, 0) is 42.8 Å². The van der Waals surface area contributed by atoms with E-state index in [1.54, 1.807) is 12.0 Å². The molecular weight excluding hydrogens is 378 g/mol. The van der Waals surface area contributed by atoms with Crippen LogP contribution in [0.1, 0.15) is 18.5 Å². The Morgan fingerprint density at radius 3 is 2.36 bits per heavy atom. The lowest BCUT2D eigenvalue weighted by atomic mass is 10.1. The number of piperazine rings is 1. The summed E-state index contributed by atoms with van der Waals surface area (Å²) in [6, 6.07) is 14.8. The Balaban J connectivity index is 1.53. The topological polar surface area (TPSA) is 61.9 Å². The van der Waals surface area contributed by atoms with Crippen molar-refractivity contribution in [1.82, 2.24) is 10.2 Å². The summed E-state index contributed by atoms with van der Waals surface area (Å²) >= 11 is 6.05. The number of carbonyl (C=O) groups is 2. The van der Waals surface area contributed by atoms with Gasteiger partial charge in [-0.25, -0.2) is 0 Å². The predicted molar refractivity (Wildman–Crippen MR) is 110 cm³/mol. The third kappa shape index (κ3) is 4.75. The minimum Gasteiger partial charge on any atom is -0.497 e. The molecule has 1 fully saturated rings. The lowest BCUT2D eigenvalue weighted by Crippen LogP contribution is -2.52. The minimum atomic E-state index is -0.584. The van der Waals surface area contributed by atoms with Gasteiger partial charge < -0.3 is 19.9 Å². The van der Waals surface area contributed by atoms with E-state index in [-0.39, 0.29) is 6.04 Å². The summed E-state index contributed by atoms with van der Waals surface area (Å²) in [4.78, 5) is 28.7. The van der Waals surface area contributed by atoms with Crippen molar-refractivity contribution in [2.75, 3.05) is 38.2 Å². The van der Waals surface area contributed by atoms with E-state index in [1.807, 2.05) is 55.5 Å². The van der Waals surface area contributed by atoms with Crippen molar-refractivity contribution in [1.29, 1.82) is 0 Å². The van der Waals surface area contributed by atoms with Crippen LogP contribution in [0.4, 0.5) is 5.69 Å². The van der Waals surface area contributed by atoms with Crippen LogP contribution < -0.4 is 15.0 Å². The van der Waals surface area contributed by atoms with Crippen LogP contribution in [-0.4, -0.2) is 50.0 Å². The second kappa shape index (κ2) is 8.97. The van der Waals surface area contributed by atoms with Gasteiger partial charge in [0, 0.05) is 36.9 Å². The maximum atomic E-state index is 12.5. The number of nitrogens with zero attached hydrogens (tertiary/aromatic N) is 2. The van der Waals surface area contributed by atoms with Crippen LogP contribution in [0.25, 0.3) is 0 Å². The molecule has 148 valence electrons. The van der Waals surface area contributed by atoms with Gasteiger partial charge in [-0.1, -0.05) is 29.8 Å². The van der Waals surface area contributed by atoms with E-state index in [0.717, 1.165) is 17.0 Å². The van der Waals surface area contributed by atoms with Crippen molar-refractivity contribution >= 4 is 29.1 Å². The van der Waals surface area contributed by atoms with Crippen LogP contribution in [0, 0.1) is 0 Å². The van der Waals surface area contributed by atoms with Crippen LogP contribution in [0.15, 0.2) is 48.5 Å². The Morgan fingerprint density at radius 1 is 1.07 bits per heavy atom. The molecule has 7 heteroatoms. The van der Waals surface area contributed by atoms with Gasteiger partial charge in [-0.15, -0.1) is 0 Å². The number of halogens is 1. The van der Waals surface area contributed by atoms with Crippen LogP contribution in [0.5, 0.6) is 5.75 Å². The summed E-state index contributed by atoms with van der Waals surface area (Å²) in [5, 5.41) is 3.46. The first-order valence-corrected chi connectivity index (χ1v) is 9.60. The van der Waals surface area contributed by atoms with E-state index < -0.39 is 11.8 Å². The number of ether oxygens (including phenoxy) is 1. The molecule has 2 aromatic rings. The summed E-state index contributed by atoms with van der Waals surface area (Å²) in [6.45, 7) is 4.16. The van der Waals surface area contributed by atoms with Gasteiger partial charge in [-0.3, -0.25) is 9.59 Å². The van der Waals surface area contributed by atoms with Gasteiger partial charge in [-0.2, -0.15) is 0 Å². The van der Waals surface area contributed by atoms with Gasteiger partial charge in [0.2, 0.25) is 0 Å². The molecule has 1 atom stereocenters. The van der Waals surface area contributed by atoms with Gasteiger partial charge in [0.15, 0.2) is 0 Å². The molecule has 0 radical (unpaired) electrons. The van der Waals surface area contributed by atoms with Crippen molar-refractivity contribution in [2.24, 2.45) is 0 Å². The van der Waals surface area contributed by atoms with E-state index in [2.05, 4.69) is 10.2 Å². The maximum absolute atomic E-state index is 12.5. The summed E-state index contributed by atoms with van der Waals surface area (Å²) in [5.74, 6) is -0.332. The van der Waals surface area contributed by atoms with Crippen LogP contribution >= 0.6 is 11.6 Å². The molecule has 3 rings (SSSR count). The molecule has 1 N–H and O–H groups in total. The Kier molecular flexibility index (Phi) is 6.41. The normalized spacial score (nSPS) is 15.1. The first kappa shape index (κ1) is 20.0. The number of nitrogens with one attached hydrogen (secondary N) is 1. The Hall–Kier alpha value is -2.73. The quantitative estimate of drug-likeness (QED) is 0.800. The van der Waals surface area contributed by atoms with E-state index >= 15 is 0 Å². The largest absolute Gasteiger partial charge is 0.497 e. The zero-order chi connectivity index (χ0) is 20.1. The van der Waals surface area contributed by atoms with Crippen LogP contribution in [-0.2, 0) is 9.59 Å². The summed E-state index contributed by atoms with van der Waals surface area (Å²) in [5.41, 5.74) is 1.94. The molecule has 28 heavy (non-hydrogen) atoms. The second-order valence-electron chi connectivity index (χ2n) is 6.73. The second-order valence-corrected chi connectivity index (χ2v) is 7.16. The number of benzene rings is 2. The summed E-state index contributed by atoms with van der Waals surface area (Å²) in [6.07, 6.45) is 0. The number of hydrogen-bond acceptors (Lipinski definition) is 4. The average Bonchev–Trinajstić information content (AvgIpc) is 2.73. The predicted octanol–water partition coefficient (Wildman–Crippen LogP) is 2.87. The minimum absolute atomic E-state index is 0.268. The van der Waals surface area contributed by atoms with Crippen LogP contribution in [0.2, 0.25) is 5.02 Å². The lowest BCUT2D eigenvalue weighted by Gasteiger charge is -2.36. The fourth-order valence-electron chi connectivity index (χ4n) is 3.22. The van der Waals surface area contributed by atoms with Gasteiger partial charge in [0.1, 0.15) is 5.75 Å². The zero-order valence-corrected chi connectivity index (χ0v) is 16.8. The number of anilines is 1. The molecule has 1 aliphatic rings. The van der Waals surface area contributed by atoms with Gasteiger partial charge in [0.05, 0.1) is 13.2 Å². The standard InChI is InChI=1S/C21H24ClN3O3/c1-15(16-6-8-19(28-2)9-7-16)23-20(26)21(27)25-12-10-24(11-13-25)18-5-3-4-17(22)14-18/h3-9,14-15H,10-13H2,1-2H3,(H,23,26). The third-order valence-corrected chi connectivity index (χ3v) is 5.13. The van der Waals surface area contributed by atoms with Crippen LogP contribution in [0.3, 0.4) is 0 Å². The van der Waals surface area contributed by atoms with E-state index in [4.69, 9.17) is 16.3 Å². The molecule has 1 aliphatic heterocycles. The number of methoxy groups -OCH3 is 1. The molecule has 1 saturated heterocycles. The Bertz CT molecular complexity index is 833. The highest BCUT2D eigenvalue weighted by Gasteiger charge is 2.27. The highest BCUT2D eigenvalue weighted by atomic mass is 35.5. The molecule has 6 nitrogen and oxygen atoms in total. The average molecular weight is 402 g/mol. The molecular formula is C21H24ClN3O3. The van der Waals surface area contributed by atoms with Gasteiger partial charge >= 0.3 is 11.8 Å².